The fourth-order valence-electron chi connectivity index (χ4n) is 1.84. The molecule has 0 radical (unpaired) electrons. The van der Waals surface area contributed by atoms with Gasteiger partial charge in [0.2, 0.25) is 0 Å². The first-order chi connectivity index (χ1) is 7.24. The Balaban J connectivity index is 1.74. The Labute approximate surface area is 91.3 Å². The zero-order valence-electron chi connectivity index (χ0n) is 9.24. The standard InChI is InChI=1S/C13H19NO/c1-10(8-11-2-3-11)14-9-12-4-6-13(15)7-5-12/h4-7,10-11,14-15H,2-3,8-9H2,1H3. The van der Waals surface area contributed by atoms with Crippen molar-refractivity contribution in [2.24, 2.45) is 5.92 Å². The summed E-state index contributed by atoms with van der Waals surface area (Å²) < 4.78 is 0. The number of hydrogen-bond donors (Lipinski definition) is 2. The second-order valence-corrected chi connectivity index (χ2v) is 4.63. The molecule has 0 saturated heterocycles. The van der Waals surface area contributed by atoms with E-state index in [0.717, 1.165) is 12.5 Å². The highest BCUT2D eigenvalue weighted by molar-refractivity contribution is 5.25. The summed E-state index contributed by atoms with van der Waals surface area (Å²) in [5.74, 6) is 1.32. The number of phenols is 1. The molecule has 1 atom stereocenters. The molecule has 15 heavy (non-hydrogen) atoms. The molecule has 0 heterocycles. The van der Waals surface area contributed by atoms with Gasteiger partial charge in [-0.05, 0) is 37.0 Å². The summed E-state index contributed by atoms with van der Waals surface area (Å²) in [6, 6.07) is 8.01. The van der Waals surface area contributed by atoms with Gasteiger partial charge in [-0.25, -0.2) is 0 Å². The number of benzene rings is 1. The molecule has 0 aromatic heterocycles. The molecule has 1 aliphatic rings. The third-order valence-electron chi connectivity index (χ3n) is 2.97. The summed E-state index contributed by atoms with van der Waals surface area (Å²) in [6.07, 6.45) is 4.15. The van der Waals surface area contributed by atoms with Gasteiger partial charge >= 0.3 is 0 Å². The Morgan fingerprint density at radius 1 is 1.33 bits per heavy atom. The highest BCUT2D eigenvalue weighted by Gasteiger charge is 2.23. The molecule has 1 aromatic carbocycles. The van der Waals surface area contributed by atoms with Gasteiger partial charge in [0.25, 0.3) is 0 Å². The van der Waals surface area contributed by atoms with E-state index in [2.05, 4.69) is 12.2 Å². The number of aromatic hydroxyl groups is 1. The lowest BCUT2D eigenvalue weighted by Crippen LogP contribution is -2.25. The van der Waals surface area contributed by atoms with E-state index in [-0.39, 0.29) is 0 Å². The van der Waals surface area contributed by atoms with Crippen molar-refractivity contribution in [3.63, 3.8) is 0 Å². The minimum absolute atomic E-state index is 0.338. The molecule has 0 aliphatic heterocycles. The van der Waals surface area contributed by atoms with Gasteiger partial charge in [-0.1, -0.05) is 25.0 Å². The molecule has 1 aromatic rings. The van der Waals surface area contributed by atoms with E-state index in [9.17, 15) is 0 Å². The number of nitrogens with one attached hydrogen (secondary N) is 1. The van der Waals surface area contributed by atoms with Crippen LogP contribution in [-0.2, 0) is 6.54 Å². The fourth-order valence-corrected chi connectivity index (χ4v) is 1.84. The maximum absolute atomic E-state index is 9.14. The third-order valence-corrected chi connectivity index (χ3v) is 2.97. The molecular weight excluding hydrogens is 186 g/mol. The summed E-state index contributed by atoms with van der Waals surface area (Å²) in [5.41, 5.74) is 1.23. The van der Waals surface area contributed by atoms with Crippen LogP contribution in [-0.4, -0.2) is 11.1 Å². The fraction of sp³-hybridized carbons (Fsp3) is 0.538. The molecule has 0 amide bonds. The second-order valence-electron chi connectivity index (χ2n) is 4.63. The SMILES string of the molecule is CC(CC1CC1)NCc1ccc(O)cc1. The molecule has 2 rings (SSSR count). The molecule has 82 valence electrons. The van der Waals surface area contributed by atoms with Crippen LogP contribution in [0, 0.1) is 5.92 Å². The van der Waals surface area contributed by atoms with Crippen molar-refractivity contribution in [3.8, 4) is 5.75 Å². The highest BCUT2D eigenvalue weighted by Crippen LogP contribution is 2.33. The van der Waals surface area contributed by atoms with Crippen LogP contribution in [0.25, 0.3) is 0 Å². The average Bonchev–Trinajstić information content (AvgIpc) is 3.01. The average molecular weight is 205 g/mol. The topological polar surface area (TPSA) is 32.3 Å². The van der Waals surface area contributed by atoms with Crippen molar-refractivity contribution >= 4 is 0 Å². The van der Waals surface area contributed by atoms with Gasteiger partial charge in [0.1, 0.15) is 5.75 Å². The predicted molar refractivity (Wildman–Crippen MR) is 61.7 cm³/mol. The van der Waals surface area contributed by atoms with Gasteiger partial charge in [0, 0.05) is 12.6 Å². The van der Waals surface area contributed by atoms with E-state index in [1.165, 1.54) is 24.8 Å². The van der Waals surface area contributed by atoms with Crippen LogP contribution < -0.4 is 5.32 Å². The molecule has 1 saturated carbocycles. The van der Waals surface area contributed by atoms with E-state index < -0.39 is 0 Å². The van der Waals surface area contributed by atoms with Crippen LogP contribution in [0.4, 0.5) is 0 Å². The third kappa shape index (κ3) is 3.56. The predicted octanol–water partition coefficient (Wildman–Crippen LogP) is 2.67. The van der Waals surface area contributed by atoms with E-state index in [1.807, 2.05) is 12.1 Å². The van der Waals surface area contributed by atoms with Crippen LogP contribution in [0.2, 0.25) is 0 Å². The zero-order valence-corrected chi connectivity index (χ0v) is 9.24. The first-order valence-electron chi connectivity index (χ1n) is 5.75. The van der Waals surface area contributed by atoms with Crippen molar-refractivity contribution in [1.82, 2.24) is 5.32 Å². The summed E-state index contributed by atoms with van der Waals surface area (Å²) in [7, 11) is 0. The normalized spacial score (nSPS) is 17.7. The zero-order chi connectivity index (χ0) is 10.7. The van der Waals surface area contributed by atoms with Crippen LogP contribution in [0.5, 0.6) is 5.75 Å². The van der Waals surface area contributed by atoms with Gasteiger partial charge in [0.15, 0.2) is 0 Å². The van der Waals surface area contributed by atoms with Crippen molar-refractivity contribution in [2.75, 3.05) is 0 Å². The Bertz CT molecular complexity index is 303. The van der Waals surface area contributed by atoms with Crippen molar-refractivity contribution < 1.29 is 5.11 Å². The van der Waals surface area contributed by atoms with Crippen molar-refractivity contribution in [1.29, 1.82) is 0 Å². The second kappa shape index (κ2) is 4.67. The van der Waals surface area contributed by atoms with Crippen molar-refractivity contribution in [2.45, 2.75) is 38.8 Å². The largest absolute Gasteiger partial charge is 0.508 e. The van der Waals surface area contributed by atoms with Crippen molar-refractivity contribution in [3.05, 3.63) is 29.8 Å². The van der Waals surface area contributed by atoms with Gasteiger partial charge in [0.05, 0.1) is 0 Å². The molecule has 1 fully saturated rings. The lowest BCUT2D eigenvalue weighted by Gasteiger charge is -2.13. The van der Waals surface area contributed by atoms with Gasteiger partial charge in [-0.15, -0.1) is 0 Å². The summed E-state index contributed by atoms with van der Waals surface area (Å²) in [4.78, 5) is 0. The number of phenolic OH excluding ortho intramolecular Hbond substituents is 1. The van der Waals surface area contributed by atoms with Crippen LogP contribution >= 0.6 is 0 Å². The smallest absolute Gasteiger partial charge is 0.115 e. The lowest BCUT2D eigenvalue weighted by molar-refractivity contribution is 0.473. The molecule has 2 nitrogen and oxygen atoms in total. The summed E-state index contributed by atoms with van der Waals surface area (Å²) in [5, 5.41) is 12.6. The highest BCUT2D eigenvalue weighted by atomic mass is 16.3. The molecule has 0 bridgehead atoms. The molecule has 2 N–H and O–H groups in total. The molecular formula is C13H19NO. The van der Waals surface area contributed by atoms with Gasteiger partial charge < -0.3 is 10.4 Å². The van der Waals surface area contributed by atoms with E-state index in [1.54, 1.807) is 12.1 Å². The minimum atomic E-state index is 0.338. The molecule has 2 heteroatoms. The Morgan fingerprint density at radius 2 is 2.00 bits per heavy atom. The maximum Gasteiger partial charge on any atom is 0.115 e. The first-order valence-corrected chi connectivity index (χ1v) is 5.75. The molecule has 1 aliphatic carbocycles. The van der Waals surface area contributed by atoms with Crippen LogP contribution in [0.3, 0.4) is 0 Å². The van der Waals surface area contributed by atoms with Crippen LogP contribution in [0.1, 0.15) is 31.7 Å². The lowest BCUT2D eigenvalue weighted by atomic mass is 10.1. The summed E-state index contributed by atoms with van der Waals surface area (Å²) in [6.45, 7) is 3.15. The monoisotopic (exact) mass is 205 g/mol. The van der Waals surface area contributed by atoms with Crippen LogP contribution in [0.15, 0.2) is 24.3 Å². The Kier molecular flexibility index (Phi) is 3.27. The minimum Gasteiger partial charge on any atom is -0.508 e. The quantitative estimate of drug-likeness (QED) is 0.774. The molecule has 0 spiro atoms. The van der Waals surface area contributed by atoms with Gasteiger partial charge in [-0.3, -0.25) is 0 Å². The van der Waals surface area contributed by atoms with E-state index in [4.69, 9.17) is 5.11 Å². The van der Waals surface area contributed by atoms with Gasteiger partial charge in [-0.2, -0.15) is 0 Å². The van der Waals surface area contributed by atoms with E-state index >= 15 is 0 Å². The van der Waals surface area contributed by atoms with E-state index in [0.29, 0.717) is 11.8 Å². The number of rotatable bonds is 5. The number of hydrogen-bond acceptors (Lipinski definition) is 2. The Hall–Kier alpha value is -1.02. The first kappa shape index (κ1) is 10.5. The molecule has 1 unspecified atom stereocenters. The Morgan fingerprint density at radius 3 is 2.60 bits per heavy atom. The maximum atomic E-state index is 9.14. The summed E-state index contributed by atoms with van der Waals surface area (Å²) >= 11 is 0.